The van der Waals surface area contributed by atoms with E-state index in [0.29, 0.717) is 11.5 Å². The molecule has 1 fully saturated rings. The fourth-order valence-electron chi connectivity index (χ4n) is 4.79. The smallest absolute Gasteiger partial charge is 0.410 e. The molecule has 0 spiro atoms. The van der Waals surface area contributed by atoms with Crippen LogP contribution in [0.2, 0.25) is 0 Å². The van der Waals surface area contributed by atoms with Gasteiger partial charge in [0.1, 0.15) is 17.1 Å². The van der Waals surface area contributed by atoms with Gasteiger partial charge in [0, 0.05) is 19.6 Å². The van der Waals surface area contributed by atoms with Crippen molar-refractivity contribution in [3.05, 3.63) is 115 Å². The van der Waals surface area contributed by atoms with Crippen molar-refractivity contribution in [1.82, 2.24) is 9.21 Å². The molecule has 7 nitrogen and oxygen atoms in total. The maximum absolute atomic E-state index is 14.0. The molecule has 1 aliphatic rings. The van der Waals surface area contributed by atoms with Crippen molar-refractivity contribution in [3.8, 4) is 22.6 Å². The molecule has 1 unspecified atom stereocenters. The Kier molecular flexibility index (Phi) is 8.15. The Labute approximate surface area is 242 Å². The van der Waals surface area contributed by atoms with E-state index in [-0.39, 0.29) is 24.5 Å². The third-order valence-electron chi connectivity index (χ3n) is 6.79. The van der Waals surface area contributed by atoms with Gasteiger partial charge >= 0.3 is 6.09 Å². The summed E-state index contributed by atoms with van der Waals surface area (Å²) in [6.45, 7) is 5.98. The molecule has 1 aliphatic heterocycles. The molecule has 1 saturated heterocycles. The summed E-state index contributed by atoms with van der Waals surface area (Å²) in [5, 5.41) is 0. The van der Waals surface area contributed by atoms with Crippen LogP contribution in [0.5, 0.6) is 11.5 Å². The quantitative estimate of drug-likeness (QED) is 0.247. The highest BCUT2D eigenvalue weighted by molar-refractivity contribution is 7.89. The molecule has 8 heteroatoms. The summed E-state index contributed by atoms with van der Waals surface area (Å²) in [5.74, 6) is 1.21. The molecule has 1 amide bonds. The van der Waals surface area contributed by atoms with Crippen LogP contribution in [0.25, 0.3) is 11.1 Å². The number of carbonyl (C=O) groups excluding carboxylic acids is 1. The maximum atomic E-state index is 14.0. The lowest BCUT2D eigenvalue weighted by Gasteiger charge is -2.41. The Morgan fingerprint density at radius 3 is 1.90 bits per heavy atom. The lowest BCUT2D eigenvalue weighted by Crippen LogP contribution is -2.53. The van der Waals surface area contributed by atoms with Crippen LogP contribution in [-0.2, 0) is 14.8 Å². The SMILES string of the molecule is CC(C)(C)OC(=O)N1CCN(S(=O)(=O)c2ccc(Oc3ccccc3)cc2)C(c2ccc(-c3ccccc3)cc2)C1. The van der Waals surface area contributed by atoms with E-state index in [1.54, 1.807) is 29.2 Å². The Morgan fingerprint density at radius 2 is 1.29 bits per heavy atom. The van der Waals surface area contributed by atoms with Crippen molar-refractivity contribution in [2.24, 2.45) is 0 Å². The molecule has 0 N–H and O–H groups in total. The van der Waals surface area contributed by atoms with E-state index in [1.807, 2.05) is 106 Å². The lowest BCUT2D eigenvalue weighted by atomic mass is 9.99. The van der Waals surface area contributed by atoms with Crippen LogP contribution in [0.3, 0.4) is 0 Å². The van der Waals surface area contributed by atoms with E-state index in [4.69, 9.17) is 9.47 Å². The molecule has 0 aromatic heterocycles. The van der Waals surface area contributed by atoms with Gasteiger partial charge in [-0.2, -0.15) is 4.31 Å². The van der Waals surface area contributed by atoms with Crippen molar-refractivity contribution < 1.29 is 22.7 Å². The highest BCUT2D eigenvalue weighted by Crippen LogP contribution is 2.34. The first-order chi connectivity index (χ1) is 19.6. The molecule has 41 heavy (non-hydrogen) atoms. The Balaban J connectivity index is 1.43. The minimum atomic E-state index is -3.90. The highest BCUT2D eigenvalue weighted by Gasteiger charge is 2.39. The van der Waals surface area contributed by atoms with E-state index in [1.165, 1.54) is 4.31 Å². The second-order valence-electron chi connectivity index (χ2n) is 10.9. The molecule has 0 aliphatic carbocycles. The molecule has 4 aromatic carbocycles. The molecule has 0 radical (unpaired) electrons. The number of hydrogen-bond donors (Lipinski definition) is 0. The summed E-state index contributed by atoms with van der Waals surface area (Å²) >= 11 is 0. The monoisotopic (exact) mass is 570 g/mol. The normalized spacial score (nSPS) is 16.3. The number of rotatable bonds is 6. The standard InChI is InChI=1S/C33H34N2O5S/c1-33(2,3)40-32(36)34-22-23-35(31(24-34)27-16-14-26(15-17-27)25-10-6-4-7-11-25)41(37,38)30-20-18-29(19-21-30)39-28-12-8-5-9-13-28/h4-21,31H,22-24H2,1-3H3. The molecular weight excluding hydrogens is 536 g/mol. The van der Waals surface area contributed by atoms with Gasteiger partial charge in [0.2, 0.25) is 10.0 Å². The third kappa shape index (κ3) is 6.78. The van der Waals surface area contributed by atoms with E-state index in [0.717, 1.165) is 16.7 Å². The summed E-state index contributed by atoms with van der Waals surface area (Å²) < 4.78 is 40.9. The van der Waals surface area contributed by atoms with E-state index < -0.39 is 27.8 Å². The fraction of sp³-hybridized carbons (Fsp3) is 0.242. The number of ether oxygens (including phenoxy) is 2. The van der Waals surface area contributed by atoms with Crippen LogP contribution in [-0.4, -0.2) is 49.0 Å². The Hall–Kier alpha value is -4.14. The summed E-state index contributed by atoms with van der Waals surface area (Å²) in [5.41, 5.74) is 2.24. The van der Waals surface area contributed by atoms with Crippen LogP contribution in [0, 0.1) is 0 Å². The van der Waals surface area contributed by atoms with E-state index in [2.05, 4.69) is 0 Å². The largest absolute Gasteiger partial charge is 0.457 e. The summed E-state index contributed by atoms with van der Waals surface area (Å²) in [6, 6.07) is 33.0. The van der Waals surface area contributed by atoms with Crippen LogP contribution < -0.4 is 4.74 Å². The molecular formula is C33H34N2O5S. The number of para-hydroxylation sites is 1. The van der Waals surface area contributed by atoms with Gasteiger partial charge in [-0.25, -0.2) is 13.2 Å². The minimum Gasteiger partial charge on any atom is -0.457 e. The predicted molar refractivity (Wildman–Crippen MR) is 159 cm³/mol. The first kappa shape index (κ1) is 28.4. The first-order valence-corrected chi connectivity index (χ1v) is 15.0. The zero-order valence-corrected chi connectivity index (χ0v) is 24.3. The second kappa shape index (κ2) is 11.8. The number of hydrogen-bond acceptors (Lipinski definition) is 5. The van der Waals surface area contributed by atoms with E-state index in [9.17, 15) is 13.2 Å². The topological polar surface area (TPSA) is 76.2 Å². The van der Waals surface area contributed by atoms with Crippen LogP contribution in [0.15, 0.2) is 114 Å². The zero-order valence-electron chi connectivity index (χ0n) is 23.4. The highest BCUT2D eigenvalue weighted by atomic mass is 32.2. The minimum absolute atomic E-state index is 0.134. The number of carbonyl (C=O) groups is 1. The van der Waals surface area contributed by atoms with E-state index >= 15 is 0 Å². The average molecular weight is 571 g/mol. The van der Waals surface area contributed by atoms with Crippen LogP contribution in [0.4, 0.5) is 4.79 Å². The summed E-state index contributed by atoms with van der Waals surface area (Å²) in [7, 11) is -3.90. The van der Waals surface area contributed by atoms with Crippen molar-refractivity contribution in [2.45, 2.75) is 37.3 Å². The van der Waals surface area contributed by atoms with Gasteiger partial charge in [-0.15, -0.1) is 0 Å². The van der Waals surface area contributed by atoms with Gasteiger partial charge in [0.15, 0.2) is 0 Å². The third-order valence-corrected chi connectivity index (χ3v) is 8.72. The van der Waals surface area contributed by atoms with Gasteiger partial charge in [0.25, 0.3) is 0 Å². The van der Waals surface area contributed by atoms with Gasteiger partial charge in [-0.3, -0.25) is 0 Å². The number of piperazine rings is 1. The number of amides is 1. The molecule has 0 bridgehead atoms. The van der Waals surface area contributed by atoms with Gasteiger partial charge in [0.05, 0.1) is 10.9 Å². The van der Waals surface area contributed by atoms with Crippen LogP contribution in [0.1, 0.15) is 32.4 Å². The summed E-state index contributed by atoms with van der Waals surface area (Å²) in [4.78, 5) is 14.7. The molecule has 4 aromatic rings. The van der Waals surface area contributed by atoms with Crippen molar-refractivity contribution in [2.75, 3.05) is 19.6 Å². The lowest BCUT2D eigenvalue weighted by molar-refractivity contribution is 0.0131. The van der Waals surface area contributed by atoms with Crippen molar-refractivity contribution in [3.63, 3.8) is 0 Å². The maximum Gasteiger partial charge on any atom is 0.410 e. The number of sulfonamides is 1. The first-order valence-electron chi connectivity index (χ1n) is 13.6. The van der Waals surface area contributed by atoms with Crippen molar-refractivity contribution >= 4 is 16.1 Å². The van der Waals surface area contributed by atoms with Crippen molar-refractivity contribution in [1.29, 1.82) is 0 Å². The van der Waals surface area contributed by atoms with Crippen LogP contribution >= 0.6 is 0 Å². The Bertz CT molecular complexity index is 1570. The number of nitrogens with zero attached hydrogens (tertiary/aromatic N) is 2. The average Bonchev–Trinajstić information content (AvgIpc) is 2.97. The van der Waals surface area contributed by atoms with Gasteiger partial charge in [-0.1, -0.05) is 72.8 Å². The fourth-order valence-corrected chi connectivity index (χ4v) is 6.38. The van der Waals surface area contributed by atoms with Gasteiger partial charge < -0.3 is 14.4 Å². The molecule has 0 saturated carbocycles. The molecule has 1 atom stereocenters. The molecule has 5 rings (SSSR count). The molecule has 1 heterocycles. The zero-order chi connectivity index (χ0) is 29.0. The second-order valence-corrected chi connectivity index (χ2v) is 12.8. The molecule has 212 valence electrons. The summed E-state index contributed by atoms with van der Waals surface area (Å²) in [6.07, 6.45) is -0.456. The Morgan fingerprint density at radius 1 is 0.732 bits per heavy atom. The van der Waals surface area contributed by atoms with Gasteiger partial charge in [-0.05, 0) is 73.9 Å². The number of benzene rings is 4. The predicted octanol–water partition coefficient (Wildman–Crippen LogP) is 7.13.